The quantitative estimate of drug-likeness (QED) is 0.737. The lowest BCUT2D eigenvalue weighted by molar-refractivity contribution is -0.0447. The van der Waals surface area contributed by atoms with E-state index in [4.69, 9.17) is 9.47 Å². The number of nitrogens with zero attached hydrogens (tertiary/aromatic N) is 1. The van der Waals surface area contributed by atoms with Gasteiger partial charge >= 0.3 is 0 Å². The molecule has 21 heavy (non-hydrogen) atoms. The minimum atomic E-state index is -0.0301. The molecule has 0 aromatic rings. The Labute approximate surface area is 132 Å². The highest BCUT2D eigenvalue weighted by atomic mass is 16.5. The third kappa shape index (κ3) is 8.80. The van der Waals surface area contributed by atoms with E-state index in [0.29, 0.717) is 17.6 Å². The molecule has 0 spiro atoms. The second-order valence-electron chi connectivity index (χ2n) is 8.67. The third-order valence-corrected chi connectivity index (χ3v) is 4.08. The van der Waals surface area contributed by atoms with Gasteiger partial charge in [0.1, 0.15) is 0 Å². The molecule has 2 atom stereocenters. The zero-order valence-corrected chi connectivity index (χ0v) is 15.4. The van der Waals surface area contributed by atoms with E-state index in [1.807, 2.05) is 0 Å². The Hall–Kier alpha value is -0.120. The number of piperidine rings is 1. The van der Waals surface area contributed by atoms with Gasteiger partial charge in [0.2, 0.25) is 0 Å². The summed E-state index contributed by atoms with van der Waals surface area (Å²) in [5.74, 6) is 0. The standard InChI is InChI=1S/C18H37NO2/c1-15-14-16(20-12-9-17(2,3)4)8-10-19(15)11-13-21-18(5,6)7/h15-16H,8-14H2,1-7H3/t15-,16-/m0/s1. The van der Waals surface area contributed by atoms with Crippen molar-refractivity contribution in [2.24, 2.45) is 5.41 Å². The zero-order valence-electron chi connectivity index (χ0n) is 15.4. The molecule has 1 aliphatic rings. The molecule has 1 heterocycles. The fraction of sp³-hybridized carbons (Fsp3) is 1.00. The average Bonchev–Trinajstić information content (AvgIpc) is 2.28. The molecule has 1 fully saturated rings. The van der Waals surface area contributed by atoms with Crippen LogP contribution < -0.4 is 0 Å². The van der Waals surface area contributed by atoms with Crippen molar-refractivity contribution in [1.29, 1.82) is 0 Å². The van der Waals surface area contributed by atoms with Crippen molar-refractivity contribution >= 4 is 0 Å². The van der Waals surface area contributed by atoms with Crippen molar-refractivity contribution in [3.8, 4) is 0 Å². The van der Waals surface area contributed by atoms with E-state index in [1.165, 1.54) is 0 Å². The van der Waals surface area contributed by atoms with Crippen molar-refractivity contribution in [2.75, 3.05) is 26.3 Å². The molecule has 0 radical (unpaired) electrons. The van der Waals surface area contributed by atoms with Gasteiger partial charge in [0.25, 0.3) is 0 Å². The smallest absolute Gasteiger partial charge is 0.0602 e. The molecule has 0 aliphatic carbocycles. The van der Waals surface area contributed by atoms with Gasteiger partial charge in [0.15, 0.2) is 0 Å². The first-order valence-corrected chi connectivity index (χ1v) is 8.56. The van der Waals surface area contributed by atoms with Crippen LogP contribution in [0.15, 0.2) is 0 Å². The van der Waals surface area contributed by atoms with Gasteiger partial charge in [0, 0.05) is 25.7 Å². The first-order valence-electron chi connectivity index (χ1n) is 8.56. The van der Waals surface area contributed by atoms with Crippen LogP contribution in [0.5, 0.6) is 0 Å². The Morgan fingerprint density at radius 3 is 2.24 bits per heavy atom. The van der Waals surface area contributed by atoms with Crippen LogP contribution in [0.3, 0.4) is 0 Å². The highest BCUT2D eigenvalue weighted by Gasteiger charge is 2.26. The summed E-state index contributed by atoms with van der Waals surface area (Å²) < 4.78 is 11.9. The van der Waals surface area contributed by atoms with Gasteiger partial charge in [-0.3, -0.25) is 4.90 Å². The van der Waals surface area contributed by atoms with Crippen LogP contribution in [0.4, 0.5) is 0 Å². The molecule has 0 bridgehead atoms. The molecule has 0 saturated carbocycles. The molecular weight excluding hydrogens is 262 g/mol. The minimum Gasteiger partial charge on any atom is -0.378 e. The highest BCUT2D eigenvalue weighted by Crippen LogP contribution is 2.23. The summed E-state index contributed by atoms with van der Waals surface area (Å²) in [6.07, 6.45) is 3.90. The average molecular weight is 299 g/mol. The summed E-state index contributed by atoms with van der Waals surface area (Å²) in [5, 5.41) is 0. The third-order valence-electron chi connectivity index (χ3n) is 4.08. The molecule has 1 rings (SSSR count). The van der Waals surface area contributed by atoms with Crippen molar-refractivity contribution in [3.05, 3.63) is 0 Å². The van der Waals surface area contributed by atoms with Gasteiger partial charge in [0.05, 0.1) is 18.3 Å². The summed E-state index contributed by atoms with van der Waals surface area (Å²) in [7, 11) is 0. The van der Waals surface area contributed by atoms with Crippen LogP contribution in [-0.2, 0) is 9.47 Å². The van der Waals surface area contributed by atoms with Crippen molar-refractivity contribution in [2.45, 2.75) is 85.5 Å². The summed E-state index contributed by atoms with van der Waals surface area (Å²) in [6.45, 7) is 19.4. The predicted octanol–water partition coefficient (Wildman–Crippen LogP) is 4.11. The van der Waals surface area contributed by atoms with Crippen molar-refractivity contribution in [1.82, 2.24) is 4.90 Å². The van der Waals surface area contributed by atoms with E-state index < -0.39 is 0 Å². The van der Waals surface area contributed by atoms with Crippen LogP contribution >= 0.6 is 0 Å². The summed E-state index contributed by atoms with van der Waals surface area (Å²) >= 11 is 0. The predicted molar refractivity (Wildman–Crippen MR) is 89.8 cm³/mol. The topological polar surface area (TPSA) is 21.7 Å². The normalized spacial score (nSPS) is 25.3. The number of hydrogen-bond acceptors (Lipinski definition) is 3. The number of likely N-dealkylation sites (tertiary alicyclic amines) is 1. The van der Waals surface area contributed by atoms with Gasteiger partial charge in [-0.2, -0.15) is 0 Å². The lowest BCUT2D eigenvalue weighted by Gasteiger charge is -2.38. The van der Waals surface area contributed by atoms with Gasteiger partial charge in [-0.05, 0) is 52.4 Å². The van der Waals surface area contributed by atoms with E-state index in [1.54, 1.807) is 0 Å². The number of rotatable bonds is 6. The van der Waals surface area contributed by atoms with E-state index in [-0.39, 0.29) is 5.60 Å². The Morgan fingerprint density at radius 1 is 1.05 bits per heavy atom. The highest BCUT2D eigenvalue weighted by molar-refractivity contribution is 4.79. The van der Waals surface area contributed by atoms with Crippen LogP contribution in [0, 0.1) is 5.41 Å². The van der Waals surface area contributed by atoms with E-state index in [2.05, 4.69) is 53.4 Å². The fourth-order valence-electron chi connectivity index (χ4n) is 2.66. The SMILES string of the molecule is C[C@H]1C[C@@H](OCCC(C)(C)C)CCN1CCOC(C)(C)C. The molecule has 0 aromatic carbocycles. The maximum absolute atomic E-state index is 6.08. The first-order chi connectivity index (χ1) is 9.57. The lowest BCUT2D eigenvalue weighted by Crippen LogP contribution is -2.45. The minimum absolute atomic E-state index is 0.0301. The first kappa shape index (κ1) is 18.9. The molecule has 0 unspecified atom stereocenters. The molecular formula is C18H37NO2. The molecule has 0 aromatic heterocycles. The maximum Gasteiger partial charge on any atom is 0.0602 e. The zero-order chi connectivity index (χ0) is 16.1. The fourth-order valence-corrected chi connectivity index (χ4v) is 2.66. The summed E-state index contributed by atoms with van der Waals surface area (Å²) in [5.41, 5.74) is 0.342. The Kier molecular flexibility index (Phi) is 7.15. The second-order valence-corrected chi connectivity index (χ2v) is 8.67. The number of hydrogen-bond donors (Lipinski definition) is 0. The van der Waals surface area contributed by atoms with Crippen LogP contribution in [0.2, 0.25) is 0 Å². The van der Waals surface area contributed by atoms with E-state index >= 15 is 0 Å². The Balaban J connectivity index is 2.21. The molecule has 3 heteroatoms. The molecule has 1 saturated heterocycles. The van der Waals surface area contributed by atoms with E-state index in [9.17, 15) is 0 Å². The Bertz CT molecular complexity index is 291. The largest absolute Gasteiger partial charge is 0.378 e. The molecule has 1 aliphatic heterocycles. The van der Waals surface area contributed by atoms with Crippen LogP contribution in [-0.4, -0.2) is 49.0 Å². The van der Waals surface area contributed by atoms with E-state index in [0.717, 1.165) is 45.6 Å². The Morgan fingerprint density at radius 2 is 1.71 bits per heavy atom. The lowest BCUT2D eigenvalue weighted by atomic mass is 9.93. The maximum atomic E-state index is 6.08. The monoisotopic (exact) mass is 299 g/mol. The van der Waals surface area contributed by atoms with Gasteiger partial charge in [-0.25, -0.2) is 0 Å². The second kappa shape index (κ2) is 7.94. The van der Waals surface area contributed by atoms with Crippen LogP contribution in [0.25, 0.3) is 0 Å². The van der Waals surface area contributed by atoms with Crippen molar-refractivity contribution in [3.63, 3.8) is 0 Å². The molecule has 0 amide bonds. The van der Waals surface area contributed by atoms with Crippen LogP contribution in [0.1, 0.15) is 67.7 Å². The molecule has 0 N–H and O–H groups in total. The summed E-state index contributed by atoms with van der Waals surface area (Å²) in [4.78, 5) is 2.54. The van der Waals surface area contributed by atoms with Gasteiger partial charge in [-0.1, -0.05) is 20.8 Å². The van der Waals surface area contributed by atoms with Gasteiger partial charge < -0.3 is 9.47 Å². The molecule has 3 nitrogen and oxygen atoms in total. The summed E-state index contributed by atoms with van der Waals surface area (Å²) in [6, 6.07) is 0.599. The molecule has 126 valence electrons. The number of ether oxygens (including phenoxy) is 2. The van der Waals surface area contributed by atoms with Gasteiger partial charge in [-0.15, -0.1) is 0 Å². The van der Waals surface area contributed by atoms with Crippen molar-refractivity contribution < 1.29 is 9.47 Å².